The van der Waals surface area contributed by atoms with Crippen molar-refractivity contribution >= 4 is 35.1 Å². The number of aromatic nitrogens is 2. The highest BCUT2D eigenvalue weighted by atomic mass is 35.5. The maximum atomic E-state index is 12.5. The highest BCUT2D eigenvalue weighted by molar-refractivity contribution is 7.89. The first kappa shape index (κ1) is 19.7. The van der Waals surface area contributed by atoms with Crippen LogP contribution in [0.2, 0.25) is 18.1 Å². The van der Waals surface area contributed by atoms with Crippen LogP contribution in [-0.2, 0) is 16.4 Å². The second-order valence-corrected chi connectivity index (χ2v) is 15.6. The van der Waals surface area contributed by atoms with Crippen molar-refractivity contribution in [1.29, 1.82) is 0 Å². The van der Waals surface area contributed by atoms with E-state index in [4.69, 9.17) is 11.6 Å². The Balaban J connectivity index is 3.53. The van der Waals surface area contributed by atoms with Gasteiger partial charge in [0, 0.05) is 25.9 Å². The molecule has 0 bridgehead atoms. The largest absolute Gasteiger partial charge is 0.349 e. The fraction of sp³-hybridized carbons (Fsp3) is 0.786. The Hall–Kier alpha value is -0.373. The van der Waals surface area contributed by atoms with E-state index >= 15 is 0 Å². The van der Waals surface area contributed by atoms with E-state index in [0.717, 1.165) is 5.45 Å². The summed E-state index contributed by atoms with van der Waals surface area (Å²) in [5.74, 6) is 0. The second-order valence-electron chi connectivity index (χ2n) is 7.52. The van der Waals surface area contributed by atoms with Crippen LogP contribution in [0.25, 0.3) is 0 Å². The Bertz CT molecular complexity index is 631. The van der Waals surface area contributed by atoms with Gasteiger partial charge in [-0.2, -0.15) is 0 Å². The third-order valence-corrected chi connectivity index (χ3v) is 11.5. The van der Waals surface area contributed by atoms with Crippen LogP contribution in [0.1, 0.15) is 33.4 Å². The number of halogens is 1. The average Bonchev–Trinajstić information content (AvgIpc) is 2.71. The van der Waals surface area contributed by atoms with E-state index in [1.807, 2.05) is 6.92 Å². The fourth-order valence-corrected chi connectivity index (χ4v) is 4.65. The number of nitrogens with one attached hydrogen (secondary N) is 1. The minimum absolute atomic E-state index is 0.0633. The zero-order valence-corrected chi connectivity index (χ0v) is 17.4. The molecule has 0 aromatic carbocycles. The van der Waals surface area contributed by atoms with Crippen LogP contribution in [0.15, 0.2) is 5.03 Å². The van der Waals surface area contributed by atoms with E-state index < -0.39 is 18.1 Å². The van der Waals surface area contributed by atoms with Gasteiger partial charge in [0.2, 0.25) is 0 Å². The average molecular weight is 366 g/mol. The minimum Gasteiger partial charge on any atom is -0.349 e. The molecule has 22 heavy (non-hydrogen) atoms. The second kappa shape index (κ2) is 6.26. The van der Waals surface area contributed by atoms with E-state index in [1.165, 1.54) is 18.4 Å². The highest BCUT2D eigenvalue weighted by Gasteiger charge is 2.41. The number of nitrogens with zero attached hydrogens (tertiary/aromatic N) is 2. The number of imidazole rings is 1. The molecule has 1 rings (SSSR count). The van der Waals surface area contributed by atoms with Gasteiger partial charge in [0.1, 0.15) is 8.07 Å². The fourth-order valence-electron chi connectivity index (χ4n) is 1.85. The summed E-state index contributed by atoms with van der Waals surface area (Å²) >= 11 is 6.08. The standard InChI is InChI=1S/C14H28ClN3O2SSi/c1-10(15)9-11-12(21(19,20)18(5)6)17-13(16-11)22(7,8)14(2,3)4/h10H,9H2,1-8H3,(H,16,17). The van der Waals surface area contributed by atoms with Gasteiger partial charge in [-0.3, -0.25) is 0 Å². The molecule has 1 atom stereocenters. The molecule has 0 aliphatic rings. The van der Waals surface area contributed by atoms with Gasteiger partial charge in [0.05, 0.1) is 11.1 Å². The molecule has 0 aliphatic carbocycles. The Labute approximate surface area is 140 Å². The van der Waals surface area contributed by atoms with Gasteiger partial charge < -0.3 is 4.98 Å². The molecule has 0 fully saturated rings. The molecule has 1 unspecified atom stereocenters. The summed E-state index contributed by atoms with van der Waals surface area (Å²) < 4.78 is 26.3. The quantitative estimate of drug-likeness (QED) is 0.644. The van der Waals surface area contributed by atoms with Crippen molar-refractivity contribution in [2.24, 2.45) is 0 Å². The molecule has 0 saturated heterocycles. The van der Waals surface area contributed by atoms with E-state index in [2.05, 4.69) is 43.8 Å². The minimum atomic E-state index is -3.58. The molecule has 1 aromatic rings. The molecule has 0 radical (unpaired) electrons. The molecular formula is C14H28ClN3O2SSi. The van der Waals surface area contributed by atoms with Crippen LogP contribution in [-0.4, -0.2) is 50.2 Å². The number of alkyl halides is 1. The molecule has 0 spiro atoms. The summed E-state index contributed by atoms with van der Waals surface area (Å²) in [6.45, 7) is 12.8. The van der Waals surface area contributed by atoms with E-state index in [9.17, 15) is 8.42 Å². The van der Waals surface area contributed by atoms with Gasteiger partial charge in [0.15, 0.2) is 5.03 Å². The van der Waals surface area contributed by atoms with E-state index in [0.29, 0.717) is 12.1 Å². The summed E-state index contributed by atoms with van der Waals surface area (Å²) in [7, 11) is -2.50. The molecule has 1 N–H and O–H groups in total. The lowest BCUT2D eigenvalue weighted by Gasteiger charge is -2.34. The van der Waals surface area contributed by atoms with Crippen LogP contribution in [0.3, 0.4) is 0 Å². The van der Waals surface area contributed by atoms with Crippen molar-refractivity contribution in [2.75, 3.05) is 14.1 Å². The summed E-state index contributed by atoms with van der Waals surface area (Å²) in [5.41, 5.74) is 1.42. The maximum Gasteiger partial charge on any atom is 0.261 e. The topological polar surface area (TPSA) is 66.1 Å². The first-order valence-corrected chi connectivity index (χ1v) is 12.2. The SMILES string of the molecule is CC(Cl)Cc1[nH]c([Si](C)(C)C(C)(C)C)nc1S(=O)(=O)N(C)C. The summed E-state index contributed by atoms with van der Waals surface area (Å²) in [5, 5.41) is 0.0158. The van der Waals surface area contributed by atoms with E-state index in [-0.39, 0.29) is 15.4 Å². The summed E-state index contributed by atoms with van der Waals surface area (Å²) in [6, 6.07) is 0. The molecule has 0 amide bonds. The van der Waals surface area contributed by atoms with Crippen LogP contribution < -0.4 is 5.45 Å². The van der Waals surface area contributed by atoms with Gasteiger partial charge in [0.25, 0.3) is 10.0 Å². The van der Waals surface area contributed by atoms with Gasteiger partial charge in [-0.25, -0.2) is 17.7 Å². The number of hydrogen-bond acceptors (Lipinski definition) is 3. The van der Waals surface area contributed by atoms with Crippen molar-refractivity contribution < 1.29 is 8.42 Å². The first-order valence-electron chi connectivity index (χ1n) is 7.37. The molecule has 1 heterocycles. The zero-order chi connectivity index (χ0) is 17.5. The number of sulfonamides is 1. The molecule has 8 heteroatoms. The predicted molar refractivity (Wildman–Crippen MR) is 95.3 cm³/mol. The molecule has 1 aromatic heterocycles. The Morgan fingerprint density at radius 2 is 1.82 bits per heavy atom. The smallest absolute Gasteiger partial charge is 0.261 e. The Morgan fingerprint density at radius 3 is 2.18 bits per heavy atom. The highest BCUT2D eigenvalue weighted by Crippen LogP contribution is 2.35. The normalized spacial score (nSPS) is 15.4. The number of hydrogen-bond donors (Lipinski definition) is 1. The van der Waals surface area contributed by atoms with Gasteiger partial charge in [-0.1, -0.05) is 33.9 Å². The van der Waals surface area contributed by atoms with Crippen LogP contribution in [0.5, 0.6) is 0 Å². The summed E-state index contributed by atoms with van der Waals surface area (Å²) in [6.07, 6.45) is 0.450. The van der Waals surface area contributed by atoms with E-state index in [1.54, 1.807) is 0 Å². The third kappa shape index (κ3) is 3.75. The monoisotopic (exact) mass is 365 g/mol. The zero-order valence-electron chi connectivity index (χ0n) is 14.8. The third-order valence-electron chi connectivity index (χ3n) is 4.42. The van der Waals surface area contributed by atoms with Gasteiger partial charge in [-0.05, 0) is 12.0 Å². The lowest BCUT2D eigenvalue weighted by Crippen LogP contribution is -2.51. The number of rotatable bonds is 5. The van der Waals surface area contributed by atoms with Crippen molar-refractivity contribution in [3.63, 3.8) is 0 Å². The van der Waals surface area contributed by atoms with Crippen LogP contribution in [0, 0.1) is 0 Å². The predicted octanol–water partition coefficient (Wildman–Crippen LogP) is 2.55. The van der Waals surface area contributed by atoms with Crippen molar-refractivity contribution in [1.82, 2.24) is 14.3 Å². The molecule has 5 nitrogen and oxygen atoms in total. The molecular weight excluding hydrogens is 338 g/mol. The molecule has 0 aliphatic heterocycles. The lowest BCUT2D eigenvalue weighted by atomic mass is 10.2. The first-order chi connectivity index (χ1) is 9.71. The van der Waals surface area contributed by atoms with Crippen LogP contribution in [0.4, 0.5) is 0 Å². The lowest BCUT2D eigenvalue weighted by molar-refractivity contribution is 0.516. The number of aromatic amines is 1. The maximum absolute atomic E-state index is 12.5. The number of H-pyrrole nitrogens is 1. The summed E-state index contributed by atoms with van der Waals surface area (Å²) in [4.78, 5) is 7.79. The van der Waals surface area contributed by atoms with Gasteiger partial charge >= 0.3 is 0 Å². The van der Waals surface area contributed by atoms with Crippen molar-refractivity contribution in [2.45, 2.75) is 62.7 Å². The molecule has 0 saturated carbocycles. The van der Waals surface area contributed by atoms with Crippen molar-refractivity contribution in [3.05, 3.63) is 5.69 Å². The Kier molecular flexibility index (Phi) is 5.60. The van der Waals surface area contributed by atoms with Crippen molar-refractivity contribution in [3.8, 4) is 0 Å². The molecule has 128 valence electrons. The Morgan fingerprint density at radius 1 is 1.32 bits per heavy atom. The van der Waals surface area contributed by atoms with Gasteiger partial charge in [-0.15, -0.1) is 11.6 Å². The van der Waals surface area contributed by atoms with Crippen LogP contribution >= 0.6 is 11.6 Å².